The Kier molecular flexibility index (Phi) is 10.9. The molecule has 0 fully saturated rings. The van der Waals surface area contributed by atoms with Crippen LogP contribution in [0.15, 0.2) is 42.6 Å². The van der Waals surface area contributed by atoms with Gasteiger partial charge in [0.1, 0.15) is 0 Å². The van der Waals surface area contributed by atoms with Gasteiger partial charge in [-0.3, -0.25) is 9.69 Å². The Labute approximate surface area is 272 Å². The SMILES string of the molecule is CC[C@@H]1C[C@H](Nc2ncc(OCCCCC(=O)O)c(Cc3cc(C(F)(F)F)cc(C(F)(F)F)c3)n2)c2cc(C(F)(F)F)ccc2N1C(=O)O. The number of hydrogen-bond donors (Lipinski definition) is 3. The maximum absolute atomic E-state index is 13.6. The highest BCUT2D eigenvalue weighted by Gasteiger charge is 2.40. The van der Waals surface area contributed by atoms with Crippen LogP contribution in [-0.2, 0) is 29.7 Å². The van der Waals surface area contributed by atoms with Crippen molar-refractivity contribution in [3.63, 3.8) is 0 Å². The van der Waals surface area contributed by atoms with Crippen LogP contribution >= 0.6 is 0 Å². The lowest BCUT2D eigenvalue weighted by Crippen LogP contribution is -2.45. The third-order valence-corrected chi connectivity index (χ3v) is 7.73. The van der Waals surface area contributed by atoms with Gasteiger partial charge < -0.3 is 20.3 Å². The Bertz CT molecular complexity index is 1650. The second-order valence-corrected chi connectivity index (χ2v) is 11.2. The second kappa shape index (κ2) is 14.4. The summed E-state index contributed by atoms with van der Waals surface area (Å²) in [6, 6.07) is 1.86. The molecule has 0 saturated heterocycles. The minimum Gasteiger partial charge on any atom is -0.490 e. The summed E-state index contributed by atoms with van der Waals surface area (Å²) in [5.41, 5.74) is -4.88. The summed E-state index contributed by atoms with van der Waals surface area (Å²) < 4.78 is 128. The summed E-state index contributed by atoms with van der Waals surface area (Å²) in [7, 11) is 0. The highest BCUT2D eigenvalue weighted by atomic mass is 19.4. The number of nitrogens with one attached hydrogen (secondary N) is 1. The number of hydrogen-bond acceptors (Lipinski definition) is 6. The van der Waals surface area contributed by atoms with Crippen molar-refractivity contribution in [2.24, 2.45) is 0 Å². The van der Waals surface area contributed by atoms with Crippen LogP contribution in [0.25, 0.3) is 0 Å². The van der Waals surface area contributed by atoms with Gasteiger partial charge in [0.05, 0.1) is 46.9 Å². The number of amides is 1. The number of aromatic nitrogens is 2. The van der Waals surface area contributed by atoms with Crippen LogP contribution in [0.1, 0.15) is 78.6 Å². The summed E-state index contributed by atoms with van der Waals surface area (Å²) in [5, 5.41) is 21.5. The van der Waals surface area contributed by atoms with E-state index in [2.05, 4.69) is 15.3 Å². The Balaban J connectivity index is 1.75. The van der Waals surface area contributed by atoms with Crippen molar-refractivity contribution in [1.29, 1.82) is 0 Å². The Morgan fingerprint density at radius 1 is 0.918 bits per heavy atom. The molecule has 2 atom stereocenters. The zero-order valence-corrected chi connectivity index (χ0v) is 25.5. The molecule has 266 valence electrons. The lowest BCUT2D eigenvalue weighted by atomic mass is 9.89. The van der Waals surface area contributed by atoms with Gasteiger partial charge in [-0.2, -0.15) is 39.5 Å². The van der Waals surface area contributed by atoms with Crippen molar-refractivity contribution in [1.82, 2.24) is 9.97 Å². The van der Waals surface area contributed by atoms with Crippen LogP contribution in [0.4, 0.5) is 55.9 Å². The number of fused-ring (bicyclic) bond motifs is 1. The molecule has 18 heteroatoms. The van der Waals surface area contributed by atoms with E-state index in [0.29, 0.717) is 12.1 Å². The van der Waals surface area contributed by atoms with E-state index in [1.807, 2.05) is 0 Å². The first-order valence-corrected chi connectivity index (χ1v) is 14.8. The number of carboxylic acids is 1. The zero-order valence-electron chi connectivity index (χ0n) is 25.5. The monoisotopic (exact) mass is 708 g/mol. The molecule has 2 heterocycles. The minimum absolute atomic E-state index is 0.0266. The number of carbonyl (C=O) groups is 2. The number of aliphatic carboxylic acids is 1. The topological polar surface area (TPSA) is 125 Å². The predicted octanol–water partition coefficient (Wildman–Crippen LogP) is 8.58. The van der Waals surface area contributed by atoms with Gasteiger partial charge in [0.2, 0.25) is 5.95 Å². The Hall–Kier alpha value is -4.77. The molecular weight excluding hydrogens is 679 g/mol. The quantitative estimate of drug-likeness (QED) is 0.134. The Morgan fingerprint density at radius 3 is 2.10 bits per heavy atom. The number of anilines is 2. The highest BCUT2D eigenvalue weighted by molar-refractivity contribution is 5.89. The first-order chi connectivity index (χ1) is 22.8. The molecule has 0 aliphatic carbocycles. The fraction of sp³-hybridized carbons (Fsp3) is 0.419. The first kappa shape index (κ1) is 37.1. The summed E-state index contributed by atoms with van der Waals surface area (Å²) in [6.45, 7) is 1.57. The summed E-state index contributed by atoms with van der Waals surface area (Å²) >= 11 is 0. The van der Waals surface area contributed by atoms with Crippen molar-refractivity contribution >= 4 is 23.7 Å². The van der Waals surface area contributed by atoms with E-state index in [9.17, 15) is 54.2 Å². The normalized spacial score (nSPS) is 16.7. The van der Waals surface area contributed by atoms with E-state index in [1.165, 1.54) is 0 Å². The van der Waals surface area contributed by atoms with E-state index in [0.717, 1.165) is 29.3 Å². The number of nitrogens with zero attached hydrogens (tertiary/aromatic N) is 3. The molecule has 0 spiro atoms. The van der Waals surface area contributed by atoms with Gasteiger partial charge in [-0.05, 0) is 73.2 Å². The van der Waals surface area contributed by atoms with E-state index in [1.54, 1.807) is 6.92 Å². The van der Waals surface area contributed by atoms with Crippen molar-refractivity contribution in [3.05, 3.63) is 76.1 Å². The molecule has 0 radical (unpaired) electrons. The molecule has 1 aromatic heterocycles. The number of alkyl halides is 9. The molecule has 0 bridgehead atoms. The average Bonchev–Trinajstić information content (AvgIpc) is 2.99. The number of halogens is 9. The number of benzene rings is 2. The molecule has 0 unspecified atom stereocenters. The molecule has 49 heavy (non-hydrogen) atoms. The molecule has 9 nitrogen and oxygen atoms in total. The van der Waals surface area contributed by atoms with Gasteiger partial charge in [0, 0.05) is 18.9 Å². The van der Waals surface area contributed by atoms with Gasteiger partial charge in [0.15, 0.2) is 5.75 Å². The average molecular weight is 709 g/mol. The number of rotatable bonds is 11. The van der Waals surface area contributed by atoms with Crippen LogP contribution in [0.5, 0.6) is 5.75 Å². The van der Waals surface area contributed by atoms with Crippen molar-refractivity contribution in [2.75, 3.05) is 16.8 Å². The molecular formula is C31H29F9N4O5. The molecule has 2 aromatic carbocycles. The lowest BCUT2D eigenvalue weighted by molar-refractivity contribution is -0.143. The van der Waals surface area contributed by atoms with Crippen molar-refractivity contribution < 1.29 is 64.1 Å². The lowest BCUT2D eigenvalue weighted by Gasteiger charge is -2.39. The van der Waals surface area contributed by atoms with Crippen LogP contribution in [0, 0.1) is 0 Å². The van der Waals surface area contributed by atoms with Crippen molar-refractivity contribution in [2.45, 2.75) is 76.1 Å². The van der Waals surface area contributed by atoms with Crippen molar-refractivity contribution in [3.8, 4) is 5.75 Å². The summed E-state index contributed by atoms with van der Waals surface area (Å²) in [4.78, 5) is 32.2. The van der Waals surface area contributed by atoms with Gasteiger partial charge >= 0.3 is 30.6 Å². The standard InChI is InChI=1S/C31H29F9N4O5/c1-2-20-14-22(21-13-17(29(32,33)34)6-7-24(21)44(20)28(47)48)42-27-41-15-25(49-8-4-3-5-26(45)46)23(43-27)11-16-9-18(30(35,36)37)12-19(10-16)31(38,39)40/h6-7,9-10,12-13,15,20,22H,2-5,8,11,14H2,1H3,(H,45,46)(H,47,48)(H,41,42,43)/t20-,22+/m1/s1. The minimum atomic E-state index is -5.12. The highest BCUT2D eigenvalue weighted by Crippen LogP contribution is 2.43. The van der Waals surface area contributed by atoms with Gasteiger partial charge in [-0.15, -0.1) is 0 Å². The third kappa shape index (κ3) is 9.23. The van der Waals surface area contributed by atoms with Gasteiger partial charge in [-0.25, -0.2) is 14.8 Å². The largest absolute Gasteiger partial charge is 0.490 e. The number of unbranched alkanes of at least 4 members (excludes halogenated alkanes) is 1. The molecule has 1 aliphatic heterocycles. The van der Waals surface area contributed by atoms with E-state index < -0.39 is 71.3 Å². The fourth-order valence-corrected chi connectivity index (χ4v) is 5.43. The van der Waals surface area contributed by atoms with Gasteiger partial charge in [-0.1, -0.05) is 6.92 Å². The Morgan fingerprint density at radius 2 is 1.55 bits per heavy atom. The number of ether oxygens (including phenoxy) is 1. The maximum Gasteiger partial charge on any atom is 0.416 e. The molecule has 3 N–H and O–H groups in total. The third-order valence-electron chi connectivity index (χ3n) is 7.73. The second-order valence-electron chi connectivity index (χ2n) is 11.2. The molecule has 1 amide bonds. The maximum atomic E-state index is 13.6. The molecule has 4 rings (SSSR count). The zero-order chi connectivity index (χ0) is 36.3. The van der Waals surface area contributed by atoms with Crippen LogP contribution < -0.4 is 15.0 Å². The van der Waals surface area contributed by atoms with E-state index in [4.69, 9.17) is 9.84 Å². The number of carboxylic acid groups (broad SMARTS) is 2. The summed E-state index contributed by atoms with van der Waals surface area (Å²) in [6.07, 6.45) is -15.5. The molecule has 3 aromatic rings. The van der Waals surface area contributed by atoms with Crippen LogP contribution in [0.2, 0.25) is 0 Å². The van der Waals surface area contributed by atoms with Crippen LogP contribution in [0.3, 0.4) is 0 Å². The summed E-state index contributed by atoms with van der Waals surface area (Å²) in [5.74, 6) is -1.48. The van der Waals surface area contributed by atoms with E-state index >= 15 is 0 Å². The van der Waals surface area contributed by atoms with E-state index in [-0.39, 0.29) is 73.4 Å². The fourth-order valence-electron chi connectivity index (χ4n) is 5.43. The van der Waals surface area contributed by atoms with Crippen LogP contribution in [-0.4, -0.2) is 44.9 Å². The smallest absolute Gasteiger partial charge is 0.416 e. The first-order valence-electron chi connectivity index (χ1n) is 14.8. The van der Waals surface area contributed by atoms with Gasteiger partial charge in [0.25, 0.3) is 0 Å². The molecule has 0 saturated carbocycles. The molecule has 1 aliphatic rings. The predicted molar refractivity (Wildman–Crippen MR) is 155 cm³/mol.